The van der Waals surface area contributed by atoms with Gasteiger partial charge in [-0.25, -0.2) is 4.98 Å². The van der Waals surface area contributed by atoms with Crippen LogP contribution < -0.4 is 5.32 Å². The van der Waals surface area contributed by atoms with Crippen molar-refractivity contribution in [2.45, 2.75) is 19.0 Å². The lowest BCUT2D eigenvalue weighted by molar-refractivity contribution is -0.133. The van der Waals surface area contributed by atoms with E-state index in [-0.39, 0.29) is 11.9 Å². The first kappa shape index (κ1) is 15.4. The van der Waals surface area contributed by atoms with Gasteiger partial charge in [0.05, 0.1) is 26.4 Å². The molecule has 1 N–H and O–H groups in total. The molecule has 1 aromatic rings. The zero-order valence-corrected chi connectivity index (χ0v) is 12.5. The normalized spacial score (nSPS) is 18.9. The molecule has 0 radical (unpaired) electrons. The number of carbonyl (C=O) groups is 1. The van der Waals surface area contributed by atoms with Crippen molar-refractivity contribution in [3.05, 3.63) is 16.6 Å². The molecule has 0 spiro atoms. The smallest absolute Gasteiger partial charge is 0.224 e. The van der Waals surface area contributed by atoms with Crippen LogP contribution in [0.15, 0.2) is 11.6 Å². The molecule has 1 aliphatic heterocycles. The van der Waals surface area contributed by atoms with E-state index in [0.29, 0.717) is 32.7 Å². The lowest BCUT2D eigenvalue weighted by Gasteiger charge is -2.27. The monoisotopic (exact) mass is 299 g/mol. The maximum absolute atomic E-state index is 12.4. The predicted molar refractivity (Wildman–Crippen MR) is 76.6 cm³/mol. The van der Waals surface area contributed by atoms with Crippen LogP contribution in [0.1, 0.15) is 11.4 Å². The minimum absolute atomic E-state index is 0.109. The summed E-state index contributed by atoms with van der Waals surface area (Å²) in [5.74, 6) is 0.111. The maximum Gasteiger partial charge on any atom is 0.224 e. The number of nitrogens with zero attached hydrogens (tertiary/aromatic N) is 2. The van der Waals surface area contributed by atoms with Gasteiger partial charge in [0.25, 0.3) is 0 Å². The van der Waals surface area contributed by atoms with E-state index < -0.39 is 0 Å². The number of aromatic nitrogens is 1. The second kappa shape index (κ2) is 8.31. The summed E-state index contributed by atoms with van der Waals surface area (Å²) in [6, 6.07) is 0.109. The zero-order valence-electron chi connectivity index (χ0n) is 11.7. The van der Waals surface area contributed by atoms with Crippen LogP contribution in [-0.2, 0) is 20.8 Å². The highest BCUT2D eigenvalue weighted by molar-refractivity contribution is 7.09. The zero-order chi connectivity index (χ0) is 14.2. The minimum atomic E-state index is 0.109. The molecule has 0 aliphatic carbocycles. The Bertz CT molecular complexity index is 394. The molecule has 1 amide bonds. The molecule has 1 aliphatic rings. The van der Waals surface area contributed by atoms with Crippen molar-refractivity contribution in [2.24, 2.45) is 0 Å². The molecule has 20 heavy (non-hydrogen) atoms. The second-order valence-corrected chi connectivity index (χ2v) is 5.64. The first-order valence-electron chi connectivity index (χ1n) is 6.76. The third kappa shape index (κ3) is 4.82. The number of hydrogen-bond acceptors (Lipinski definition) is 6. The quantitative estimate of drug-likeness (QED) is 0.794. The van der Waals surface area contributed by atoms with Gasteiger partial charge in [0, 0.05) is 44.2 Å². The van der Waals surface area contributed by atoms with Crippen LogP contribution in [0.2, 0.25) is 0 Å². The fourth-order valence-corrected chi connectivity index (χ4v) is 2.71. The van der Waals surface area contributed by atoms with Crippen LogP contribution in [0.25, 0.3) is 0 Å². The van der Waals surface area contributed by atoms with Gasteiger partial charge in [0.2, 0.25) is 5.91 Å². The lowest BCUT2D eigenvalue weighted by Crippen LogP contribution is -2.45. The van der Waals surface area contributed by atoms with Crippen molar-refractivity contribution < 1.29 is 14.3 Å². The Morgan fingerprint density at radius 3 is 3.25 bits per heavy atom. The second-order valence-electron chi connectivity index (χ2n) is 4.66. The molecule has 1 atom stereocenters. The van der Waals surface area contributed by atoms with Gasteiger partial charge in [-0.05, 0) is 0 Å². The Hall–Kier alpha value is -1.02. The third-order valence-electron chi connectivity index (χ3n) is 3.15. The third-order valence-corrected chi connectivity index (χ3v) is 3.91. The van der Waals surface area contributed by atoms with Gasteiger partial charge >= 0.3 is 0 Å². The van der Waals surface area contributed by atoms with Crippen LogP contribution in [-0.4, -0.2) is 61.9 Å². The summed E-state index contributed by atoms with van der Waals surface area (Å²) in [5.41, 5.74) is 0. The fourth-order valence-electron chi connectivity index (χ4n) is 2.08. The number of carbonyl (C=O) groups excluding carboxylic acids is 1. The molecule has 2 rings (SSSR count). The highest BCUT2D eigenvalue weighted by Crippen LogP contribution is 2.11. The van der Waals surface area contributed by atoms with Crippen LogP contribution >= 0.6 is 11.3 Å². The van der Waals surface area contributed by atoms with E-state index >= 15 is 0 Å². The van der Waals surface area contributed by atoms with E-state index in [1.807, 2.05) is 5.38 Å². The summed E-state index contributed by atoms with van der Waals surface area (Å²) in [7, 11) is 1.64. The SMILES string of the molecule is COCCN(Cc1nccs1)C(=O)CC1COCCN1. The number of rotatable bonds is 7. The highest BCUT2D eigenvalue weighted by atomic mass is 32.1. The van der Waals surface area contributed by atoms with Gasteiger partial charge < -0.3 is 19.7 Å². The number of ether oxygens (including phenoxy) is 2. The molecular formula is C13H21N3O3S. The molecule has 1 fully saturated rings. The Labute approximate surface area is 123 Å². The van der Waals surface area contributed by atoms with Gasteiger partial charge in [-0.2, -0.15) is 0 Å². The van der Waals surface area contributed by atoms with E-state index in [4.69, 9.17) is 9.47 Å². The molecule has 0 saturated carbocycles. The molecule has 1 aromatic heterocycles. The van der Waals surface area contributed by atoms with E-state index in [0.717, 1.165) is 18.2 Å². The molecule has 0 aromatic carbocycles. The van der Waals surface area contributed by atoms with E-state index in [1.165, 1.54) is 0 Å². The van der Waals surface area contributed by atoms with Crippen LogP contribution in [0.4, 0.5) is 0 Å². The van der Waals surface area contributed by atoms with E-state index in [1.54, 1.807) is 29.5 Å². The van der Waals surface area contributed by atoms with E-state index in [9.17, 15) is 4.79 Å². The minimum Gasteiger partial charge on any atom is -0.383 e. The van der Waals surface area contributed by atoms with Crippen molar-refractivity contribution in [3.63, 3.8) is 0 Å². The number of amides is 1. The fraction of sp³-hybridized carbons (Fsp3) is 0.692. The number of methoxy groups -OCH3 is 1. The van der Waals surface area contributed by atoms with Gasteiger partial charge in [-0.3, -0.25) is 4.79 Å². The Balaban J connectivity index is 1.88. The Morgan fingerprint density at radius 1 is 1.70 bits per heavy atom. The summed E-state index contributed by atoms with van der Waals surface area (Å²) < 4.78 is 10.5. The summed E-state index contributed by atoms with van der Waals surface area (Å²) >= 11 is 1.56. The Morgan fingerprint density at radius 2 is 2.60 bits per heavy atom. The van der Waals surface area contributed by atoms with Crippen molar-refractivity contribution in [1.29, 1.82) is 0 Å². The molecule has 0 bridgehead atoms. The summed E-state index contributed by atoms with van der Waals surface area (Å²) in [6.45, 7) is 3.79. The van der Waals surface area contributed by atoms with Gasteiger partial charge in [-0.1, -0.05) is 0 Å². The van der Waals surface area contributed by atoms with E-state index in [2.05, 4.69) is 10.3 Å². The predicted octanol–water partition coefficient (Wildman–Crippen LogP) is 0.497. The van der Waals surface area contributed by atoms with Gasteiger partial charge in [0.1, 0.15) is 5.01 Å². The summed E-state index contributed by atoms with van der Waals surface area (Å²) in [5, 5.41) is 6.17. The molecule has 1 saturated heterocycles. The van der Waals surface area contributed by atoms with Gasteiger partial charge in [0.15, 0.2) is 0 Å². The van der Waals surface area contributed by atoms with Crippen molar-refractivity contribution in [3.8, 4) is 0 Å². The van der Waals surface area contributed by atoms with Gasteiger partial charge in [-0.15, -0.1) is 11.3 Å². The Kier molecular flexibility index (Phi) is 6.38. The molecule has 7 heteroatoms. The molecule has 2 heterocycles. The first-order chi connectivity index (χ1) is 9.79. The first-order valence-corrected chi connectivity index (χ1v) is 7.63. The average molecular weight is 299 g/mol. The topological polar surface area (TPSA) is 63.7 Å². The maximum atomic E-state index is 12.4. The van der Waals surface area contributed by atoms with Crippen LogP contribution in [0, 0.1) is 0 Å². The van der Waals surface area contributed by atoms with Crippen LogP contribution in [0.3, 0.4) is 0 Å². The molecule has 1 unspecified atom stereocenters. The number of thiazole rings is 1. The number of morpholine rings is 1. The van der Waals surface area contributed by atoms with Crippen molar-refractivity contribution in [2.75, 3.05) is 40.0 Å². The molecule has 112 valence electrons. The summed E-state index contributed by atoms with van der Waals surface area (Å²) in [6.07, 6.45) is 2.21. The van der Waals surface area contributed by atoms with Crippen molar-refractivity contribution >= 4 is 17.2 Å². The van der Waals surface area contributed by atoms with Crippen LogP contribution in [0.5, 0.6) is 0 Å². The molecular weight excluding hydrogens is 278 g/mol. The molecule has 6 nitrogen and oxygen atoms in total. The summed E-state index contributed by atoms with van der Waals surface area (Å²) in [4.78, 5) is 18.4. The largest absolute Gasteiger partial charge is 0.383 e. The highest BCUT2D eigenvalue weighted by Gasteiger charge is 2.21. The number of hydrogen-bond donors (Lipinski definition) is 1. The lowest BCUT2D eigenvalue weighted by atomic mass is 10.2. The standard InChI is InChI=1S/C13H21N3O3S/c1-18-6-4-16(9-12-15-3-7-20-12)13(17)8-11-10-19-5-2-14-11/h3,7,11,14H,2,4-6,8-10H2,1H3. The average Bonchev–Trinajstić information content (AvgIpc) is 2.97. The number of nitrogens with one attached hydrogen (secondary N) is 1. The van der Waals surface area contributed by atoms with Crippen molar-refractivity contribution in [1.82, 2.24) is 15.2 Å².